The van der Waals surface area contributed by atoms with E-state index >= 15 is 0 Å². The second-order valence-electron chi connectivity index (χ2n) is 6.74. The number of nitrogens with zero attached hydrogens (tertiary/aromatic N) is 2. The quantitative estimate of drug-likeness (QED) is 0.499. The molecule has 146 valence electrons. The number of pyridine rings is 1. The van der Waals surface area contributed by atoms with Crippen molar-refractivity contribution in [2.24, 2.45) is 0 Å². The summed E-state index contributed by atoms with van der Waals surface area (Å²) in [6.07, 6.45) is 4.04. The molecule has 0 bridgehead atoms. The minimum Gasteiger partial charge on any atom is -0.325 e. The van der Waals surface area contributed by atoms with E-state index in [9.17, 15) is 10.1 Å². The molecule has 4 rings (SSSR count). The number of thiophene rings is 1. The van der Waals surface area contributed by atoms with E-state index in [-0.39, 0.29) is 11.7 Å². The Balaban J connectivity index is 1.59. The van der Waals surface area contributed by atoms with Gasteiger partial charge in [-0.05, 0) is 72.5 Å². The lowest BCUT2D eigenvalue weighted by Crippen LogP contribution is -2.15. The first-order valence-electron chi connectivity index (χ1n) is 9.33. The number of hydrogen-bond acceptors (Lipinski definition) is 5. The van der Waals surface area contributed by atoms with Crippen LogP contribution in [0.15, 0.2) is 46.8 Å². The molecule has 0 radical (unpaired) electrons. The van der Waals surface area contributed by atoms with Gasteiger partial charge in [-0.2, -0.15) is 5.26 Å². The Hall–Kier alpha value is -2.33. The molecule has 1 aromatic carbocycles. The molecule has 7 heteroatoms. The molecular weight excluding hydrogens is 422 g/mol. The minimum absolute atomic E-state index is 0.140. The van der Waals surface area contributed by atoms with Crippen LogP contribution in [0.4, 0.5) is 5.69 Å². The average Bonchev–Trinajstić information content (AvgIpc) is 3.27. The zero-order valence-corrected chi connectivity index (χ0v) is 18.0. The number of nitriles is 1. The third kappa shape index (κ3) is 4.48. The summed E-state index contributed by atoms with van der Waals surface area (Å²) in [5.74, 6) is 0.0471. The fourth-order valence-electron chi connectivity index (χ4n) is 3.50. The molecule has 0 atom stereocenters. The Morgan fingerprint density at radius 2 is 1.97 bits per heavy atom. The van der Waals surface area contributed by atoms with Gasteiger partial charge in [0.15, 0.2) is 0 Å². The van der Waals surface area contributed by atoms with Gasteiger partial charge < -0.3 is 5.32 Å². The van der Waals surface area contributed by atoms with E-state index in [1.807, 2.05) is 11.4 Å². The highest BCUT2D eigenvalue weighted by molar-refractivity contribution is 8.00. The Kier molecular flexibility index (Phi) is 6.19. The molecule has 1 N–H and O–H groups in total. The van der Waals surface area contributed by atoms with Crippen LogP contribution in [0.2, 0.25) is 5.02 Å². The summed E-state index contributed by atoms with van der Waals surface area (Å²) in [7, 11) is 0. The van der Waals surface area contributed by atoms with Gasteiger partial charge in [0.2, 0.25) is 5.91 Å². The number of halogens is 1. The second-order valence-corrected chi connectivity index (χ2v) is 9.09. The van der Waals surface area contributed by atoms with Crippen LogP contribution in [-0.2, 0) is 17.6 Å². The van der Waals surface area contributed by atoms with E-state index in [2.05, 4.69) is 17.5 Å². The zero-order chi connectivity index (χ0) is 20.2. The lowest BCUT2D eigenvalue weighted by molar-refractivity contribution is -0.113. The van der Waals surface area contributed by atoms with Gasteiger partial charge in [0.25, 0.3) is 0 Å². The number of amides is 1. The second kappa shape index (κ2) is 9.00. The molecule has 1 amide bonds. The van der Waals surface area contributed by atoms with Gasteiger partial charge in [-0.25, -0.2) is 4.98 Å². The first-order valence-corrected chi connectivity index (χ1v) is 11.6. The average molecular weight is 440 g/mol. The largest absolute Gasteiger partial charge is 0.325 e. The zero-order valence-electron chi connectivity index (χ0n) is 15.6. The Morgan fingerprint density at radius 3 is 2.66 bits per heavy atom. The third-order valence-corrected chi connectivity index (χ3v) is 6.92. The molecule has 0 spiro atoms. The predicted molar refractivity (Wildman–Crippen MR) is 120 cm³/mol. The van der Waals surface area contributed by atoms with Gasteiger partial charge in [-0.3, -0.25) is 4.79 Å². The van der Waals surface area contributed by atoms with Gasteiger partial charge in [-0.15, -0.1) is 11.3 Å². The summed E-state index contributed by atoms with van der Waals surface area (Å²) in [6.45, 7) is 0. The summed E-state index contributed by atoms with van der Waals surface area (Å²) in [4.78, 5) is 18.4. The number of aromatic nitrogens is 1. The number of thioether (sulfide) groups is 1. The van der Waals surface area contributed by atoms with Crippen LogP contribution in [0.1, 0.15) is 29.5 Å². The maximum Gasteiger partial charge on any atom is 0.234 e. The topological polar surface area (TPSA) is 65.8 Å². The molecule has 0 unspecified atom stereocenters. The van der Waals surface area contributed by atoms with E-state index in [0.717, 1.165) is 41.8 Å². The number of hydrogen-bond donors (Lipinski definition) is 1. The molecule has 0 aliphatic heterocycles. The summed E-state index contributed by atoms with van der Waals surface area (Å²) < 4.78 is 0. The van der Waals surface area contributed by atoms with Gasteiger partial charge in [0.05, 0.1) is 21.9 Å². The minimum atomic E-state index is -0.140. The number of fused-ring (bicyclic) bond motifs is 1. The molecular formula is C22H18ClN3OS2. The molecule has 0 fully saturated rings. The van der Waals surface area contributed by atoms with E-state index in [1.165, 1.54) is 17.3 Å². The predicted octanol–water partition coefficient (Wildman–Crippen LogP) is 5.94. The molecule has 1 aliphatic carbocycles. The van der Waals surface area contributed by atoms with E-state index < -0.39 is 0 Å². The van der Waals surface area contributed by atoms with Crippen molar-refractivity contribution in [1.82, 2.24) is 4.98 Å². The standard InChI is InChI=1S/C22H18ClN3OS2/c23-14-7-9-15(10-8-14)25-20(27)13-29-22-18(12-24)16-4-1-2-5-17(16)21(26-22)19-6-3-11-28-19/h3,6-11H,1-2,4-5,13H2,(H,25,27). The molecule has 29 heavy (non-hydrogen) atoms. The van der Waals surface area contributed by atoms with Crippen LogP contribution < -0.4 is 5.32 Å². The number of carbonyl (C=O) groups is 1. The molecule has 2 aromatic heterocycles. The highest BCUT2D eigenvalue weighted by atomic mass is 35.5. The van der Waals surface area contributed by atoms with Crippen molar-refractivity contribution in [2.45, 2.75) is 30.7 Å². The smallest absolute Gasteiger partial charge is 0.234 e. The maximum atomic E-state index is 12.4. The van der Waals surface area contributed by atoms with Crippen LogP contribution in [0, 0.1) is 11.3 Å². The summed E-state index contributed by atoms with van der Waals surface area (Å²) in [5.41, 5.74) is 4.60. The third-order valence-electron chi connectivity index (χ3n) is 4.82. The van der Waals surface area contributed by atoms with Gasteiger partial charge >= 0.3 is 0 Å². The van der Waals surface area contributed by atoms with Gasteiger partial charge in [0.1, 0.15) is 11.1 Å². The van der Waals surface area contributed by atoms with Crippen molar-refractivity contribution in [2.75, 3.05) is 11.1 Å². The van der Waals surface area contributed by atoms with E-state index in [4.69, 9.17) is 16.6 Å². The van der Waals surface area contributed by atoms with Crippen molar-refractivity contribution >= 4 is 46.3 Å². The Bertz CT molecular complexity index is 1070. The van der Waals surface area contributed by atoms with E-state index in [0.29, 0.717) is 21.3 Å². The van der Waals surface area contributed by atoms with Crippen molar-refractivity contribution in [3.05, 3.63) is 63.5 Å². The normalized spacial score (nSPS) is 12.8. The molecule has 4 nitrogen and oxygen atoms in total. The highest BCUT2D eigenvalue weighted by Gasteiger charge is 2.23. The summed E-state index contributed by atoms with van der Waals surface area (Å²) >= 11 is 8.86. The Labute approximate surface area is 182 Å². The van der Waals surface area contributed by atoms with Crippen molar-refractivity contribution in [3.8, 4) is 16.6 Å². The highest BCUT2D eigenvalue weighted by Crippen LogP contribution is 2.38. The van der Waals surface area contributed by atoms with Gasteiger partial charge in [-0.1, -0.05) is 29.4 Å². The lowest BCUT2D eigenvalue weighted by atomic mass is 9.88. The van der Waals surface area contributed by atoms with Crippen molar-refractivity contribution < 1.29 is 4.79 Å². The number of nitrogens with one attached hydrogen (secondary N) is 1. The number of benzene rings is 1. The number of carbonyl (C=O) groups excluding carboxylic acids is 1. The summed E-state index contributed by atoms with van der Waals surface area (Å²) in [5, 5.41) is 16.0. The molecule has 3 aromatic rings. The molecule has 0 saturated heterocycles. The van der Waals surface area contributed by atoms with Crippen LogP contribution >= 0.6 is 34.7 Å². The van der Waals surface area contributed by atoms with Crippen molar-refractivity contribution in [3.63, 3.8) is 0 Å². The monoisotopic (exact) mass is 439 g/mol. The van der Waals surface area contributed by atoms with Crippen LogP contribution in [-0.4, -0.2) is 16.6 Å². The first kappa shape index (κ1) is 20.0. The first-order chi connectivity index (χ1) is 14.2. The fourth-order valence-corrected chi connectivity index (χ4v) is 5.17. The SMILES string of the molecule is N#Cc1c(SCC(=O)Nc2ccc(Cl)cc2)nc(-c2cccs2)c2c1CCCC2. The molecule has 2 heterocycles. The molecule has 1 aliphatic rings. The van der Waals surface area contributed by atoms with E-state index in [1.54, 1.807) is 35.6 Å². The van der Waals surface area contributed by atoms with Crippen molar-refractivity contribution in [1.29, 1.82) is 5.26 Å². The number of rotatable bonds is 5. The van der Waals surface area contributed by atoms with Crippen LogP contribution in [0.25, 0.3) is 10.6 Å². The van der Waals surface area contributed by atoms with Crippen LogP contribution in [0.3, 0.4) is 0 Å². The number of anilines is 1. The Morgan fingerprint density at radius 1 is 1.21 bits per heavy atom. The fraction of sp³-hybridized carbons (Fsp3) is 0.227. The lowest BCUT2D eigenvalue weighted by Gasteiger charge is -2.21. The van der Waals surface area contributed by atoms with Crippen LogP contribution in [0.5, 0.6) is 0 Å². The summed E-state index contributed by atoms with van der Waals surface area (Å²) in [6, 6.07) is 13.4. The van der Waals surface area contributed by atoms with Gasteiger partial charge in [0, 0.05) is 10.7 Å². The molecule has 0 saturated carbocycles. The maximum absolute atomic E-state index is 12.4.